The van der Waals surface area contributed by atoms with Crippen molar-refractivity contribution in [1.82, 2.24) is 24.6 Å². The predicted molar refractivity (Wildman–Crippen MR) is 118 cm³/mol. The standard InChI is InChI=1S/C22H26FN5O3S/c1-15(2)28-21-9-8-19(12-20(21)25-26-28)32(30,31)27-10-4-6-17(14-27)22(29)24-13-16-5-3-7-18(23)11-16/h3,5,7-9,11-12,15,17H,4,6,10,13-14H2,1-2H3,(H,24,29). The first-order chi connectivity index (χ1) is 15.3. The third-order valence-corrected chi connectivity index (χ3v) is 7.54. The van der Waals surface area contributed by atoms with E-state index in [4.69, 9.17) is 0 Å². The monoisotopic (exact) mass is 459 g/mol. The summed E-state index contributed by atoms with van der Waals surface area (Å²) in [6.45, 7) is 4.61. The third-order valence-electron chi connectivity index (χ3n) is 5.68. The van der Waals surface area contributed by atoms with Gasteiger partial charge in [-0.1, -0.05) is 17.3 Å². The molecule has 8 nitrogen and oxygen atoms in total. The summed E-state index contributed by atoms with van der Waals surface area (Å²) in [5, 5.41) is 11.0. The summed E-state index contributed by atoms with van der Waals surface area (Å²) in [6.07, 6.45) is 1.19. The van der Waals surface area contributed by atoms with Crippen LogP contribution in [0, 0.1) is 11.7 Å². The maximum atomic E-state index is 13.3. The van der Waals surface area contributed by atoms with Gasteiger partial charge in [0, 0.05) is 25.7 Å². The maximum absolute atomic E-state index is 13.3. The van der Waals surface area contributed by atoms with Gasteiger partial charge >= 0.3 is 0 Å². The number of aromatic nitrogens is 3. The minimum Gasteiger partial charge on any atom is -0.352 e. The molecule has 1 aromatic heterocycles. The lowest BCUT2D eigenvalue weighted by Gasteiger charge is -2.31. The third kappa shape index (κ3) is 4.51. The summed E-state index contributed by atoms with van der Waals surface area (Å²) in [5.41, 5.74) is 1.94. The summed E-state index contributed by atoms with van der Waals surface area (Å²) in [5.74, 6) is -1.06. The molecule has 1 aliphatic rings. The molecule has 32 heavy (non-hydrogen) atoms. The molecule has 170 valence electrons. The Labute approximate surface area is 186 Å². The molecular weight excluding hydrogens is 433 g/mol. The van der Waals surface area contributed by atoms with E-state index in [2.05, 4.69) is 15.6 Å². The Balaban J connectivity index is 1.47. The summed E-state index contributed by atoms with van der Waals surface area (Å²) < 4.78 is 42.9. The Morgan fingerprint density at radius 1 is 1.25 bits per heavy atom. The smallest absolute Gasteiger partial charge is 0.243 e. The molecule has 0 bridgehead atoms. The number of sulfonamides is 1. The topological polar surface area (TPSA) is 97.2 Å². The van der Waals surface area contributed by atoms with E-state index >= 15 is 0 Å². The highest BCUT2D eigenvalue weighted by Gasteiger charge is 2.33. The first-order valence-corrected chi connectivity index (χ1v) is 12.1. The van der Waals surface area contributed by atoms with Gasteiger partial charge < -0.3 is 5.32 Å². The minimum absolute atomic E-state index is 0.105. The number of hydrogen-bond donors (Lipinski definition) is 1. The molecule has 1 N–H and O–H groups in total. The Hall–Kier alpha value is -2.85. The van der Waals surface area contributed by atoms with Gasteiger partial charge in [0.15, 0.2) is 0 Å². The van der Waals surface area contributed by atoms with Gasteiger partial charge in [-0.2, -0.15) is 4.31 Å². The fourth-order valence-electron chi connectivity index (χ4n) is 3.97. The summed E-state index contributed by atoms with van der Waals surface area (Å²) in [6, 6.07) is 10.9. The average molecular weight is 460 g/mol. The zero-order valence-electron chi connectivity index (χ0n) is 18.0. The lowest BCUT2D eigenvalue weighted by molar-refractivity contribution is -0.126. The lowest BCUT2D eigenvalue weighted by atomic mass is 9.99. The van der Waals surface area contributed by atoms with Gasteiger partial charge in [0.05, 0.1) is 16.3 Å². The van der Waals surface area contributed by atoms with Crippen molar-refractivity contribution in [3.05, 3.63) is 53.8 Å². The average Bonchev–Trinajstić information content (AvgIpc) is 3.21. The van der Waals surface area contributed by atoms with Crippen molar-refractivity contribution in [2.24, 2.45) is 5.92 Å². The molecule has 1 unspecified atom stereocenters. The maximum Gasteiger partial charge on any atom is 0.243 e. The summed E-state index contributed by atoms with van der Waals surface area (Å²) >= 11 is 0. The van der Waals surface area contributed by atoms with Crippen LogP contribution in [-0.4, -0.2) is 46.7 Å². The van der Waals surface area contributed by atoms with E-state index in [1.54, 1.807) is 28.9 Å². The highest BCUT2D eigenvalue weighted by atomic mass is 32.2. The Kier molecular flexibility index (Phi) is 6.25. The van der Waals surface area contributed by atoms with Gasteiger partial charge in [-0.25, -0.2) is 17.5 Å². The van der Waals surface area contributed by atoms with E-state index in [0.717, 1.165) is 5.52 Å². The fourth-order valence-corrected chi connectivity index (χ4v) is 5.51. The second-order valence-corrected chi connectivity index (χ2v) is 10.3. The van der Waals surface area contributed by atoms with Gasteiger partial charge in [-0.3, -0.25) is 4.79 Å². The zero-order valence-corrected chi connectivity index (χ0v) is 18.8. The minimum atomic E-state index is -3.78. The van der Waals surface area contributed by atoms with Crippen molar-refractivity contribution >= 4 is 27.0 Å². The van der Waals surface area contributed by atoms with Crippen LogP contribution < -0.4 is 5.32 Å². The van der Waals surface area contributed by atoms with Crippen LogP contribution in [0.25, 0.3) is 11.0 Å². The van der Waals surface area contributed by atoms with Gasteiger partial charge in [-0.05, 0) is 62.6 Å². The van der Waals surface area contributed by atoms with Crippen LogP contribution >= 0.6 is 0 Å². The van der Waals surface area contributed by atoms with Crippen LogP contribution in [0.2, 0.25) is 0 Å². The number of amides is 1. The number of carbonyl (C=O) groups is 1. The van der Waals surface area contributed by atoms with Crippen LogP contribution in [0.5, 0.6) is 0 Å². The van der Waals surface area contributed by atoms with E-state index in [1.807, 2.05) is 13.8 Å². The number of carbonyl (C=O) groups excluding carboxylic acids is 1. The van der Waals surface area contributed by atoms with Gasteiger partial charge in [-0.15, -0.1) is 5.10 Å². The van der Waals surface area contributed by atoms with Crippen LogP contribution in [-0.2, 0) is 21.4 Å². The second kappa shape index (κ2) is 8.95. The van der Waals surface area contributed by atoms with Crippen LogP contribution in [0.15, 0.2) is 47.4 Å². The molecule has 10 heteroatoms. The molecule has 1 fully saturated rings. The number of rotatable bonds is 6. The number of hydrogen-bond acceptors (Lipinski definition) is 5. The molecule has 0 saturated carbocycles. The molecule has 1 saturated heterocycles. The molecule has 3 aromatic rings. The van der Waals surface area contributed by atoms with Crippen molar-refractivity contribution in [3.63, 3.8) is 0 Å². The van der Waals surface area contributed by atoms with Crippen LogP contribution in [0.1, 0.15) is 38.3 Å². The fraction of sp³-hybridized carbons (Fsp3) is 0.409. The Morgan fingerprint density at radius 3 is 2.81 bits per heavy atom. The SMILES string of the molecule is CC(C)n1nnc2cc(S(=O)(=O)N3CCCC(C(=O)NCc4cccc(F)c4)C3)ccc21. The van der Waals surface area contributed by atoms with Crippen molar-refractivity contribution in [2.45, 2.75) is 44.2 Å². The first kappa shape index (κ1) is 22.3. The predicted octanol–water partition coefficient (Wildman–Crippen LogP) is 2.87. The number of nitrogens with one attached hydrogen (secondary N) is 1. The van der Waals surface area contributed by atoms with Crippen LogP contribution in [0.4, 0.5) is 4.39 Å². The largest absolute Gasteiger partial charge is 0.352 e. The first-order valence-electron chi connectivity index (χ1n) is 10.6. The van der Waals surface area contributed by atoms with E-state index in [0.29, 0.717) is 30.5 Å². The van der Waals surface area contributed by atoms with Crippen molar-refractivity contribution < 1.29 is 17.6 Å². The normalized spacial score (nSPS) is 17.7. The number of halogens is 1. The molecule has 0 spiro atoms. The highest BCUT2D eigenvalue weighted by molar-refractivity contribution is 7.89. The molecule has 0 radical (unpaired) electrons. The quantitative estimate of drug-likeness (QED) is 0.611. The van der Waals surface area contributed by atoms with Crippen LogP contribution in [0.3, 0.4) is 0 Å². The van der Waals surface area contributed by atoms with E-state index in [9.17, 15) is 17.6 Å². The highest BCUT2D eigenvalue weighted by Crippen LogP contribution is 2.26. The summed E-state index contributed by atoms with van der Waals surface area (Å²) in [7, 11) is -3.78. The van der Waals surface area contributed by atoms with E-state index in [-0.39, 0.29) is 35.8 Å². The van der Waals surface area contributed by atoms with Gasteiger partial charge in [0.1, 0.15) is 11.3 Å². The van der Waals surface area contributed by atoms with Gasteiger partial charge in [0.25, 0.3) is 0 Å². The Bertz CT molecular complexity index is 1240. The summed E-state index contributed by atoms with van der Waals surface area (Å²) in [4.78, 5) is 12.8. The molecule has 0 aliphatic carbocycles. The molecular formula is C22H26FN5O3S. The van der Waals surface area contributed by atoms with Crippen molar-refractivity contribution in [1.29, 1.82) is 0 Å². The molecule has 1 aliphatic heterocycles. The lowest BCUT2D eigenvalue weighted by Crippen LogP contribution is -2.45. The molecule has 2 heterocycles. The molecule has 4 rings (SSSR count). The molecule has 1 atom stereocenters. The van der Waals surface area contributed by atoms with Gasteiger partial charge in [0.2, 0.25) is 15.9 Å². The molecule has 1 amide bonds. The Morgan fingerprint density at radius 2 is 2.06 bits per heavy atom. The number of nitrogens with zero attached hydrogens (tertiary/aromatic N) is 4. The van der Waals surface area contributed by atoms with Crippen molar-refractivity contribution in [3.8, 4) is 0 Å². The van der Waals surface area contributed by atoms with E-state index in [1.165, 1.54) is 22.5 Å². The van der Waals surface area contributed by atoms with E-state index < -0.39 is 15.9 Å². The second-order valence-electron chi connectivity index (χ2n) is 8.33. The number of benzene rings is 2. The zero-order chi connectivity index (χ0) is 22.9. The number of fused-ring (bicyclic) bond motifs is 1. The van der Waals surface area contributed by atoms with Crippen molar-refractivity contribution in [2.75, 3.05) is 13.1 Å². The number of piperidine rings is 1. The molecule has 2 aromatic carbocycles.